The van der Waals surface area contributed by atoms with Crippen molar-refractivity contribution in [1.29, 1.82) is 5.26 Å². The van der Waals surface area contributed by atoms with Gasteiger partial charge in [-0.15, -0.1) is 0 Å². The van der Waals surface area contributed by atoms with Crippen molar-refractivity contribution < 1.29 is 19.0 Å². The van der Waals surface area contributed by atoms with Gasteiger partial charge in [0.15, 0.2) is 11.5 Å². The lowest BCUT2D eigenvalue weighted by Gasteiger charge is -2.15. The smallest absolute Gasteiger partial charge is 0.271 e. The van der Waals surface area contributed by atoms with Crippen molar-refractivity contribution >= 4 is 28.1 Å². The second-order valence-corrected chi connectivity index (χ2v) is 7.83. The first-order valence-electron chi connectivity index (χ1n) is 10.7. The minimum Gasteiger partial charge on any atom is -0.494 e. The molecule has 3 rings (SSSR count). The third-order valence-electron chi connectivity index (χ3n) is 4.65. The van der Waals surface area contributed by atoms with E-state index in [1.54, 1.807) is 42.5 Å². The summed E-state index contributed by atoms with van der Waals surface area (Å²) in [7, 11) is 0. The van der Waals surface area contributed by atoms with Gasteiger partial charge in [0.25, 0.3) is 5.91 Å². The average molecular weight is 522 g/mol. The van der Waals surface area contributed by atoms with Crippen LogP contribution in [0.15, 0.2) is 70.2 Å². The molecule has 34 heavy (non-hydrogen) atoms. The van der Waals surface area contributed by atoms with Gasteiger partial charge in [-0.2, -0.15) is 10.4 Å². The van der Waals surface area contributed by atoms with Crippen LogP contribution in [-0.4, -0.2) is 25.3 Å². The average Bonchev–Trinajstić information content (AvgIpc) is 2.84. The van der Waals surface area contributed by atoms with Gasteiger partial charge in [-0.1, -0.05) is 18.2 Å². The summed E-state index contributed by atoms with van der Waals surface area (Å²) in [5, 5.41) is 13.3. The number of nitriles is 1. The van der Waals surface area contributed by atoms with Gasteiger partial charge in [-0.25, -0.2) is 5.43 Å². The Morgan fingerprint density at radius 1 is 1.06 bits per heavy atom. The number of amides is 1. The lowest BCUT2D eigenvalue weighted by atomic mass is 10.1. The first-order valence-corrected chi connectivity index (χ1v) is 11.5. The predicted octanol–water partition coefficient (Wildman–Crippen LogP) is 5.46. The van der Waals surface area contributed by atoms with Crippen LogP contribution in [0.1, 0.15) is 40.9 Å². The standard InChI is InChI=1S/C26H24BrN3O4/c1-3-32-22-11-9-19(10-12-22)26(31)30-29-16-18-13-23(27)25(24(14-18)33-4-2)34-17-21-8-6-5-7-20(21)15-28/h5-14,16H,3-4,17H2,1-2H3,(H,30,31)/b29-16+. The summed E-state index contributed by atoms with van der Waals surface area (Å²) in [6.45, 7) is 4.99. The molecule has 1 amide bonds. The van der Waals surface area contributed by atoms with Crippen LogP contribution in [-0.2, 0) is 6.61 Å². The van der Waals surface area contributed by atoms with Crippen molar-refractivity contribution in [3.8, 4) is 23.3 Å². The Morgan fingerprint density at radius 3 is 2.50 bits per heavy atom. The van der Waals surface area contributed by atoms with Gasteiger partial charge in [-0.3, -0.25) is 4.79 Å². The van der Waals surface area contributed by atoms with E-state index in [1.165, 1.54) is 6.21 Å². The summed E-state index contributed by atoms with van der Waals surface area (Å²) in [6, 6.07) is 19.8. The van der Waals surface area contributed by atoms with Crippen LogP contribution < -0.4 is 19.6 Å². The second-order valence-electron chi connectivity index (χ2n) is 6.98. The summed E-state index contributed by atoms with van der Waals surface area (Å²) < 4.78 is 17.8. The monoisotopic (exact) mass is 521 g/mol. The topological polar surface area (TPSA) is 92.9 Å². The fraction of sp³-hybridized carbons (Fsp3) is 0.192. The van der Waals surface area contributed by atoms with E-state index in [0.29, 0.717) is 51.6 Å². The zero-order valence-corrected chi connectivity index (χ0v) is 20.5. The van der Waals surface area contributed by atoms with Crippen molar-refractivity contribution in [3.63, 3.8) is 0 Å². The molecule has 0 saturated carbocycles. The first kappa shape index (κ1) is 24.8. The minimum absolute atomic E-state index is 0.216. The van der Waals surface area contributed by atoms with Crippen LogP contribution in [0.25, 0.3) is 0 Å². The molecule has 0 heterocycles. The summed E-state index contributed by atoms with van der Waals surface area (Å²) in [5.74, 6) is 1.41. The summed E-state index contributed by atoms with van der Waals surface area (Å²) in [4.78, 5) is 12.3. The highest BCUT2D eigenvalue weighted by Crippen LogP contribution is 2.37. The number of nitrogens with one attached hydrogen (secondary N) is 1. The molecule has 0 saturated heterocycles. The fourth-order valence-corrected chi connectivity index (χ4v) is 3.64. The van der Waals surface area contributed by atoms with E-state index in [-0.39, 0.29) is 12.5 Å². The lowest BCUT2D eigenvalue weighted by molar-refractivity contribution is 0.0955. The Morgan fingerprint density at radius 2 is 1.79 bits per heavy atom. The van der Waals surface area contributed by atoms with Gasteiger partial charge in [-0.05, 0) is 77.8 Å². The molecule has 0 spiro atoms. The number of rotatable bonds is 10. The highest BCUT2D eigenvalue weighted by atomic mass is 79.9. The number of hydrazone groups is 1. The summed E-state index contributed by atoms with van der Waals surface area (Å²) in [6.07, 6.45) is 1.52. The number of hydrogen-bond donors (Lipinski definition) is 1. The van der Waals surface area contributed by atoms with E-state index in [9.17, 15) is 10.1 Å². The third-order valence-corrected chi connectivity index (χ3v) is 5.24. The minimum atomic E-state index is -0.334. The van der Waals surface area contributed by atoms with Gasteiger partial charge in [0.2, 0.25) is 0 Å². The van der Waals surface area contributed by atoms with Crippen LogP contribution >= 0.6 is 15.9 Å². The molecule has 1 N–H and O–H groups in total. The Kier molecular flexibility index (Phi) is 9.06. The number of hydrogen-bond acceptors (Lipinski definition) is 6. The molecule has 0 unspecified atom stereocenters. The van der Waals surface area contributed by atoms with E-state index in [2.05, 4.69) is 32.5 Å². The first-order chi connectivity index (χ1) is 16.5. The van der Waals surface area contributed by atoms with Crippen molar-refractivity contribution in [2.75, 3.05) is 13.2 Å². The summed E-state index contributed by atoms with van der Waals surface area (Å²) >= 11 is 3.52. The van der Waals surface area contributed by atoms with E-state index >= 15 is 0 Å². The van der Waals surface area contributed by atoms with Gasteiger partial charge >= 0.3 is 0 Å². The zero-order valence-electron chi connectivity index (χ0n) is 18.9. The Hall–Kier alpha value is -3.83. The Labute approximate surface area is 207 Å². The van der Waals surface area contributed by atoms with Crippen molar-refractivity contribution in [2.45, 2.75) is 20.5 Å². The molecule has 8 heteroatoms. The largest absolute Gasteiger partial charge is 0.494 e. The van der Waals surface area contributed by atoms with Crippen LogP contribution in [0.3, 0.4) is 0 Å². The molecule has 0 aliphatic rings. The number of nitrogens with zero attached hydrogens (tertiary/aromatic N) is 2. The number of ether oxygens (including phenoxy) is 3. The van der Waals surface area contributed by atoms with Gasteiger partial charge in [0.05, 0.1) is 35.5 Å². The highest BCUT2D eigenvalue weighted by molar-refractivity contribution is 9.10. The molecule has 3 aromatic rings. The molecule has 0 atom stereocenters. The molecule has 0 aliphatic heterocycles. The molecule has 0 aromatic heterocycles. The number of carbonyl (C=O) groups is 1. The molecule has 0 fully saturated rings. The SMILES string of the molecule is CCOc1ccc(C(=O)N/N=C/c2cc(Br)c(OCc3ccccc3C#N)c(OCC)c2)cc1. The molecule has 0 radical (unpaired) electrons. The van der Waals surface area contributed by atoms with Crippen molar-refractivity contribution in [2.24, 2.45) is 5.10 Å². The lowest BCUT2D eigenvalue weighted by Crippen LogP contribution is -2.17. The van der Waals surface area contributed by atoms with Crippen LogP contribution in [0.5, 0.6) is 17.2 Å². The van der Waals surface area contributed by atoms with E-state index in [4.69, 9.17) is 14.2 Å². The van der Waals surface area contributed by atoms with Crippen molar-refractivity contribution in [3.05, 3.63) is 87.4 Å². The molecule has 3 aromatic carbocycles. The van der Waals surface area contributed by atoms with Crippen LogP contribution in [0.4, 0.5) is 0 Å². The second kappa shape index (κ2) is 12.4. The molecule has 7 nitrogen and oxygen atoms in total. The maximum absolute atomic E-state index is 12.3. The fourth-order valence-electron chi connectivity index (χ4n) is 3.07. The highest BCUT2D eigenvalue weighted by Gasteiger charge is 2.13. The van der Waals surface area contributed by atoms with Gasteiger partial charge < -0.3 is 14.2 Å². The molecular weight excluding hydrogens is 498 g/mol. The summed E-state index contributed by atoms with van der Waals surface area (Å²) in [5.41, 5.74) is 5.03. The van der Waals surface area contributed by atoms with Crippen LogP contribution in [0.2, 0.25) is 0 Å². The number of benzene rings is 3. The van der Waals surface area contributed by atoms with E-state index < -0.39 is 0 Å². The maximum Gasteiger partial charge on any atom is 0.271 e. The Bertz CT molecular complexity index is 1200. The molecule has 174 valence electrons. The number of carbonyl (C=O) groups excluding carboxylic acids is 1. The van der Waals surface area contributed by atoms with E-state index in [1.807, 2.05) is 32.0 Å². The normalized spacial score (nSPS) is 10.5. The number of halogens is 1. The molecule has 0 aliphatic carbocycles. The predicted molar refractivity (Wildman–Crippen MR) is 133 cm³/mol. The molecule has 0 bridgehead atoms. The van der Waals surface area contributed by atoms with Gasteiger partial charge in [0, 0.05) is 11.1 Å². The van der Waals surface area contributed by atoms with E-state index in [0.717, 1.165) is 5.56 Å². The van der Waals surface area contributed by atoms with Gasteiger partial charge in [0.1, 0.15) is 12.4 Å². The van der Waals surface area contributed by atoms with Crippen molar-refractivity contribution in [1.82, 2.24) is 5.43 Å². The molecular formula is C26H24BrN3O4. The Balaban J connectivity index is 1.71. The third kappa shape index (κ3) is 6.59. The maximum atomic E-state index is 12.3. The quantitative estimate of drug-likeness (QED) is 0.282. The van der Waals surface area contributed by atoms with Crippen LogP contribution in [0, 0.1) is 11.3 Å². The zero-order chi connectivity index (χ0) is 24.3.